The molecule has 0 fully saturated rings. The lowest BCUT2D eigenvalue weighted by Crippen LogP contribution is -2.31. The van der Waals surface area contributed by atoms with Gasteiger partial charge in [-0.1, -0.05) is 27.2 Å². The number of aliphatic imine (C=N–C) groups is 1. The standard InChI is InChI=1S/C10H18N2O/c1-4-5-6-8-11-9(7(2)3)10(13)12-8/h7,9H,4-6H2,1-3H3,(H,11,12,13). The molecule has 0 saturated carbocycles. The van der Waals surface area contributed by atoms with E-state index in [9.17, 15) is 4.79 Å². The third-order valence-corrected chi connectivity index (χ3v) is 2.23. The van der Waals surface area contributed by atoms with E-state index in [1.165, 1.54) is 0 Å². The molecule has 3 nitrogen and oxygen atoms in total. The fourth-order valence-corrected chi connectivity index (χ4v) is 1.40. The first-order valence-electron chi connectivity index (χ1n) is 5.02. The molecule has 1 N–H and O–H groups in total. The number of carbonyl (C=O) groups is 1. The summed E-state index contributed by atoms with van der Waals surface area (Å²) in [5.74, 6) is 1.26. The van der Waals surface area contributed by atoms with E-state index < -0.39 is 0 Å². The first kappa shape index (κ1) is 10.2. The van der Waals surface area contributed by atoms with Gasteiger partial charge in [-0.05, 0) is 12.3 Å². The van der Waals surface area contributed by atoms with E-state index in [1.807, 2.05) is 13.8 Å². The van der Waals surface area contributed by atoms with Crippen molar-refractivity contribution >= 4 is 11.7 Å². The fraction of sp³-hybridized carbons (Fsp3) is 0.800. The number of nitrogens with one attached hydrogen (secondary N) is 1. The highest BCUT2D eigenvalue weighted by Gasteiger charge is 2.27. The maximum atomic E-state index is 11.4. The summed E-state index contributed by atoms with van der Waals surface area (Å²) in [5.41, 5.74) is 0. The van der Waals surface area contributed by atoms with Crippen LogP contribution in [0, 0.1) is 5.92 Å². The molecular weight excluding hydrogens is 164 g/mol. The van der Waals surface area contributed by atoms with Gasteiger partial charge in [-0.15, -0.1) is 0 Å². The summed E-state index contributed by atoms with van der Waals surface area (Å²) in [6, 6.07) is -0.146. The van der Waals surface area contributed by atoms with Crippen molar-refractivity contribution in [3.63, 3.8) is 0 Å². The Labute approximate surface area is 79.6 Å². The largest absolute Gasteiger partial charge is 0.313 e. The molecule has 0 aromatic rings. The van der Waals surface area contributed by atoms with Crippen LogP contribution in [0.25, 0.3) is 0 Å². The first-order chi connectivity index (χ1) is 6.15. The summed E-state index contributed by atoms with van der Waals surface area (Å²) in [6.07, 6.45) is 3.15. The van der Waals surface area contributed by atoms with Crippen molar-refractivity contribution in [3.8, 4) is 0 Å². The van der Waals surface area contributed by atoms with Crippen LogP contribution in [0.5, 0.6) is 0 Å². The Morgan fingerprint density at radius 1 is 1.54 bits per heavy atom. The number of unbranched alkanes of at least 4 members (excludes halogenated alkanes) is 1. The minimum atomic E-state index is -0.146. The van der Waals surface area contributed by atoms with E-state index in [0.29, 0.717) is 5.92 Å². The Bertz CT molecular complexity index is 221. The molecule has 74 valence electrons. The zero-order valence-corrected chi connectivity index (χ0v) is 8.63. The second-order valence-electron chi connectivity index (χ2n) is 3.86. The highest BCUT2D eigenvalue weighted by Crippen LogP contribution is 2.13. The van der Waals surface area contributed by atoms with E-state index in [-0.39, 0.29) is 11.9 Å². The lowest BCUT2D eigenvalue weighted by Gasteiger charge is -2.06. The molecule has 0 aromatic carbocycles. The van der Waals surface area contributed by atoms with Crippen LogP contribution in [-0.4, -0.2) is 17.8 Å². The number of nitrogens with zero attached hydrogens (tertiary/aromatic N) is 1. The molecule has 1 aliphatic rings. The monoisotopic (exact) mass is 182 g/mol. The van der Waals surface area contributed by atoms with Gasteiger partial charge in [0.2, 0.25) is 5.91 Å². The van der Waals surface area contributed by atoms with Crippen LogP contribution in [-0.2, 0) is 4.79 Å². The Balaban J connectivity index is 2.51. The van der Waals surface area contributed by atoms with Gasteiger partial charge in [0.25, 0.3) is 0 Å². The van der Waals surface area contributed by atoms with Crippen molar-refractivity contribution in [3.05, 3.63) is 0 Å². The van der Waals surface area contributed by atoms with Crippen molar-refractivity contribution in [2.24, 2.45) is 10.9 Å². The number of amidine groups is 1. The third-order valence-electron chi connectivity index (χ3n) is 2.23. The molecular formula is C10H18N2O. The summed E-state index contributed by atoms with van der Waals surface area (Å²) >= 11 is 0. The third kappa shape index (κ3) is 2.54. The van der Waals surface area contributed by atoms with Crippen LogP contribution in [0.15, 0.2) is 4.99 Å². The zero-order chi connectivity index (χ0) is 9.84. The normalized spacial score (nSPS) is 22.0. The Morgan fingerprint density at radius 3 is 2.69 bits per heavy atom. The van der Waals surface area contributed by atoms with Gasteiger partial charge in [0.15, 0.2) is 0 Å². The molecule has 1 amide bonds. The van der Waals surface area contributed by atoms with Gasteiger partial charge in [0, 0.05) is 6.42 Å². The fourth-order valence-electron chi connectivity index (χ4n) is 1.40. The average Bonchev–Trinajstić information content (AvgIpc) is 2.43. The lowest BCUT2D eigenvalue weighted by molar-refractivity contribution is -0.120. The van der Waals surface area contributed by atoms with Crippen LogP contribution < -0.4 is 5.32 Å². The van der Waals surface area contributed by atoms with Crippen LogP contribution in [0.1, 0.15) is 40.0 Å². The van der Waals surface area contributed by atoms with Gasteiger partial charge in [0.1, 0.15) is 11.9 Å². The molecule has 1 aliphatic heterocycles. The summed E-state index contributed by atoms with van der Waals surface area (Å²) in [6.45, 7) is 6.18. The molecule has 1 heterocycles. The lowest BCUT2D eigenvalue weighted by atomic mass is 10.1. The quantitative estimate of drug-likeness (QED) is 0.706. The van der Waals surface area contributed by atoms with Crippen LogP contribution in [0.4, 0.5) is 0 Å². The SMILES string of the molecule is CCCCC1=NC(C(C)C)C(=O)N1. The summed E-state index contributed by atoms with van der Waals surface area (Å²) in [5, 5.41) is 2.83. The van der Waals surface area contributed by atoms with E-state index in [1.54, 1.807) is 0 Å². The number of hydrogen-bond donors (Lipinski definition) is 1. The molecule has 0 radical (unpaired) electrons. The Hall–Kier alpha value is -0.860. The van der Waals surface area contributed by atoms with Gasteiger partial charge in [-0.25, -0.2) is 0 Å². The van der Waals surface area contributed by atoms with E-state index in [0.717, 1.165) is 25.1 Å². The summed E-state index contributed by atoms with van der Waals surface area (Å²) in [7, 11) is 0. The van der Waals surface area contributed by atoms with Crippen molar-refractivity contribution in [2.75, 3.05) is 0 Å². The predicted molar refractivity (Wildman–Crippen MR) is 53.7 cm³/mol. The minimum absolute atomic E-state index is 0.0705. The molecule has 1 unspecified atom stereocenters. The van der Waals surface area contributed by atoms with Crippen molar-refractivity contribution in [1.82, 2.24) is 5.32 Å². The van der Waals surface area contributed by atoms with E-state index >= 15 is 0 Å². The smallest absolute Gasteiger partial charge is 0.250 e. The second-order valence-corrected chi connectivity index (χ2v) is 3.86. The first-order valence-corrected chi connectivity index (χ1v) is 5.02. The van der Waals surface area contributed by atoms with Gasteiger partial charge < -0.3 is 5.32 Å². The average molecular weight is 182 g/mol. The molecule has 0 aliphatic carbocycles. The molecule has 1 rings (SSSR count). The summed E-state index contributed by atoms with van der Waals surface area (Å²) in [4.78, 5) is 15.7. The summed E-state index contributed by atoms with van der Waals surface area (Å²) < 4.78 is 0. The molecule has 0 bridgehead atoms. The van der Waals surface area contributed by atoms with Gasteiger partial charge in [-0.2, -0.15) is 0 Å². The topological polar surface area (TPSA) is 41.5 Å². The highest BCUT2D eigenvalue weighted by molar-refractivity contribution is 6.05. The van der Waals surface area contributed by atoms with Crippen molar-refractivity contribution in [1.29, 1.82) is 0 Å². The predicted octanol–water partition coefficient (Wildman–Crippen LogP) is 1.73. The van der Waals surface area contributed by atoms with Crippen molar-refractivity contribution in [2.45, 2.75) is 46.1 Å². The van der Waals surface area contributed by atoms with Gasteiger partial charge in [-0.3, -0.25) is 9.79 Å². The maximum Gasteiger partial charge on any atom is 0.250 e. The molecule has 0 spiro atoms. The van der Waals surface area contributed by atoms with E-state index in [4.69, 9.17) is 0 Å². The van der Waals surface area contributed by atoms with Gasteiger partial charge in [0.05, 0.1) is 0 Å². The Kier molecular flexibility index (Phi) is 3.46. The molecule has 0 aromatic heterocycles. The van der Waals surface area contributed by atoms with Crippen molar-refractivity contribution < 1.29 is 4.79 Å². The van der Waals surface area contributed by atoms with E-state index in [2.05, 4.69) is 17.2 Å². The minimum Gasteiger partial charge on any atom is -0.313 e. The molecule has 13 heavy (non-hydrogen) atoms. The Morgan fingerprint density at radius 2 is 2.23 bits per heavy atom. The molecule has 3 heteroatoms. The highest BCUT2D eigenvalue weighted by atomic mass is 16.2. The van der Waals surface area contributed by atoms with Crippen LogP contribution in [0.3, 0.4) is 0 Å². The van der Waals surface area contributed by atoms with Crippen LogP contribution >= 0.6 is 0 Å². The number of carbonyl (C=O) groups excluding carboxylic acids is 1. The number of hydrogen-bond acceptors (Lipinski definition) is 2. The maximum absolute atomic E-state index is 11.4. The number of amides is 1. The second kappa shape index (κ2) is 4.40. The molecule has 0 saturated heterocycles. The molecule has 1 atom stereocenters. The zero-order valence-electron chi connectivity index (χ0n) is 8.63. The van der Waals surface area contributed by atoms with Crippen LogP contribution in [0.2, 0.25) is 0 Å². The number of rotatable bonds is 4. The van der Waals surface area contributed by atoms with Gasteiger partial charge >= 0.3 is 0 Å².